The number of hydrogen-bond acceptors (Lipinski definition) is 4. The van der Waals surface area contributed by atoms with Crippen molar-refractivity contribution in [2.24, 2.45) is 35.5 Å². The average Bonchev–Trinajstić information content (AvgIpc) is 3.58. The van der Waals surface area contributed by atoms with E-state index in [1.54, 1.807) is 24.3 Å². The van der Waals surface area contributed by atoms with E-state index in [4.69, 9.17) is 4.74 Å². The average molecular weight is 493 g/mol. The van der Waals surface area contributed by atoms with Gasteiger partial charge < -0.3 is 10.1 Å². The highest BCUT2D eigenvalue weighted by Crippen LogP contribution is 2.65. The minimum absolute atomic E-state index is 0.165. The summed E-state index contributed by atoms with van der Waals surface area (Å²) in [5, 5.41) is 2.78. The first-order valence-electron chi connectivity index (χ1n) is 10.9. The Hall–Kier alpha value is -2.93. The summed E-state index contributed by atoms with van der Waals surface area (Å²) in [6.07, 6.45) is 5.39. The lowest BCUT2D eigenvalue weighted by Crippen LogP contribution is -2.40. The number of carbonyl (C=O) groups excluding carboxylic acids is 3. The molecule has 0 unspecified atom stereocenters. The van der Waals surface area contributed by atoms with Crippen molar-refractivity contribution in [2.45, 2.75) is 6.42 Å². The summed E-state index contributed by atoms with van der Waals surface area (Å²) in [4.78, 5) is 39.8. The Labute approximate surface area is 193 Å². The second-order valence-corrected chi connectivity index (χ2v) is 9.96. The fourth-order valence-corrected chi connectivity index (χ4v) is 6.03. The van der Waals surface area contributed by atoms with Gasteiger partial charge in [0, 0.05) is 10.2 Å². The third-order valence-electron chi connectivity index (χ3n) is 7.24. The van der Waals surface area contributed by atoms with Gasteiger partial charge in [-0.2, -0.15) is 0 Å². The molecule has 1 saturated heterocycles. The van der Waals surface area contributed by atoms with Crippen LogP contribution in [0.1, 0.15) is 6.42 Å². The van der Waals surface area contributed by atoms with Gasteiger partial charge in [0.1, 0.15) is 18.0 Å². The van der Waals surface area contributed by atoms with Crippen LogP contribution >= 0.6 is 15.9 Å². The number of imide groups is 1. The molecule has 2 aromatic rings. The Kier molecular flexibility index (Phi) is 4.50. The van der Waals surface area contributed by atoms with Gasteiger partial charge in [0.25, 0.3) is 0 Å². The van der Waals surface area contributed by atoms with Crippen LogP contribution in [0.25, 0.3) is 0 Å². The van der Waals surface area contributed by atoms with Gasteiger partial charge in [-0.15, -0.1) is 0 Å². The Morgan fingerprint density at radius 3 is 2.00 bits per heavy atom. The molecule has 7 rings (SSSR count). The van der Waals surface area contributed by atoms with Crippen molar-refractivity contribution in [1.29, 1.82) is 0 Å². The van der Waals surface area contributed by atoms with Gasteiger partial charge in [-0.3, -0.25) is 19.3 Å². The van der Waals surface area contributed by atoms with Gasteiger partial charge in [0.15, 0.2) is 0 Å². The molecule has 32 heavy (non-hydrogen) atoms. The summed E-state index contributed by atoms with van der Waals surface area (Å²) in [5.41, 5.74) is 0.581. The summed E-state index contributed by atoms with van der Waals surface area (Å²) in [6, 6.07) is 14.5. The van der Waals surface area contributed by atoms with Gasteiger partial charge in [-0.25, -0.2) is 0 Å². The van der Waals surface area contributed by atoms with Gasteiger partial charge in [0.2, 0.25) is 17.7 Å². The smallest absolute Gasteiger partial charge is 0.244 e. The summed E-state index contributed by atoms with van der Waals surface area (Å²) >= 11 is 3.39. The topological polar surface area (TPSA) is 75.7 Å². The van der Waals surface area contributed by atoms with Crippen LogP contribution < -0.4 is 10.1 Å². The molecule has 6 nitrogen and oxygen atoms in total. The van der Waals surface area contributed by atoms with Crippen molar-refractivity contribution in [3.05, 3.63) is 65.2 Å². The van der Waals surface area contributed by atoms with Gasteiger partial charge in [-0.05, 0) is 78.6 Å². The monoisotopic (exact) mass is 492 g/mol. The second kappa shape index (κ2) is 7.30. The number of likely N-dealkylation sites (tertiary alicyclic amines) is 1. The zero-order chi connectivity index (χ0) is 22.0. The molecule has 2 aromatic carbocycles. The number of halogens is 1. The molecule has 1 N–H and O–H groups in total. The highest BCUT2D eigenvalue weighted by molar-refractivity contribution is 9.10. The standard InChI is InChI=1S/C25H21BrN2O4/c26-13-1-5-15(6-2-13)32-16-7-3-14(4-8-16)27-21(29)12-28-24(30)22-17-9-10-18(20-11-19(17)20)23(22)25(28)31/h1-10,17-20,22-23H,11-12H2,(H,27,29)/t17-,18-,19-,20+,22+,23-/m1/s1. The molecule has 162 valence electrons. The Bertz CT molecular complexity index is 1110. The van der Waals surface area contributed by atoms with Crippen LogP contribution in [0, 0.1) is 35.5 Å². The molecule has 3 amide bonds. The maximum atomic E-state index is 13.0. The number of hydrogen-bond donors (Lipinski definition) is 1. The van der Waals surface area contributed by atoms with E-state index in [-0.39, 0.29) is 47.9 Å². The number of amides is 3. The minimum Gasteiger partial charge on any atom is -0.457 e. The van der Waals surface area contributed by atoms with E-state index in [1.807, 2.05) is 24.3 Å². The predicted octanol–water partition coefficient (Wildman–Crippen LogP) is 4.23. The molecule has 4 aliphatic carbocycles. The summed E-state index contributed by atoms with van der Waals surface area (Å²) in [5.74, 6) is 1.49. The number of benzene rings is 2. The molecule has 0 aromatic heterocycles. The SMILES string of the molecule is O=C(CN1C(=O)[C@@H]2[C@@H]3C=C[C@H]([C@H]4C[C@@H]34)[C@@H]2C1=O)Nc1ccc(Oc2ccc(Br)cc2)cc1. The van der Waals surface area contributed by atoms with Crippen LogP contribution in [0.2, 0.25) is 0 Å². The number of allylic oxidation sites excluding steroid dienone is 2. The van der Waals surface area contributed by atoms with Gasteiger partial charge >= 0.3 is 0 Å². The van der Waals surface area contributed by atoms with Crippen molar-refractivity contribution in [1.82, 2.24) is 4.90 Å². The van der Waals surface area contributed by atoms with E-state index in [9.17, 15) is 14.4 Å². The first kappa shape index (κ1) is 19.7. The van der Waals surface area contributed by atoms with E-state index >= 15 is 0 Å². The van der Waals surface area contributed by atoms with Crippen molar-refractivity contribution in [2.75, 3.05) is 11.9 Å². The van der Waals surface area contributed by atoms with E-state index in [2.05, 4.69) is 33.4 Å². The van der Waals surface area contributed by atoms with Gasteiger partial charge in [-0.1, -0.05) is 28.1 Å². The molecule has 1 heterocycles. The largest absolute Gasteiger partial charge is 0.457 e. The lowest BCUT2D eigenvalue weighted by Gasteiger charge is -2.37. The van der Waals surface area contributed by atoms with Crippen LogP contribution in [-0.4, -0.2) is 29.2 Å². The Morgan fingerprint density at radius 1 is 0.906 bits per heavy atom. The number of nitrogens with zero attached hydrogens (tertiary/aromatic N) is 1. The number of ether oxygens (including phenoxy) is 1. The molecule has 1 aliphatic heterocycles. The van der Waals surface area contributed by atoms with Crippen molar-refractivity contribution >= 4 is 39.3 Å². The molecule has 2 bridgehead atoms. The first-order chi connectivity index (χ1) is 15.5. The molecular weight excluding hydrogens is 472 g/mol. The maximum Gasteiger partial charge on any atom is 0.244 e. The van der Waals surface area contributed by atoms with E-state index < -0.39 is 0 Å². The molecule has 5 aliphatic rings. The van der Waals surface area contributed by atoms with E-state index in [0.29, 0.717) is 29.0 Å². The molecule has 0 radical (unpaired) electrons. The zero-order valence-electron chi connectivity index (χ0n) is 17.1. The molecule has 2 saturated carbocycles. The number of nitrogens with one attached hydrogen (secondary N) is 1. The molecule has 3 fully saturated rings. The molecule has 6 atom stereocenters. The van der Waals surface area contributed by atoms with Crippen LogP contribution in [0.15, 0.2) is 65.2 Å². The van der Waals surface area contributed by atoms with E-state index in [0.717, 1.165) is 10.9 Å². The number of carbonyl (C=O) groups is 3. The van der Waals surface area contributed by atoms with Crippen LogP contribution in [-0.2, 0) is 14.4 Å². The Morgan fingerprint density at radius 2 is 1.44 bits per heavy atom. The number of anilines is 1. The van der Waals surface area contributed by atoms with Crippen molar-refractivity contribution in [3.63, 3.8) is 0 Å². The van der Waals surface area contributed by atoms with Crippen molar-refractivity contribution in [3.8, 4) is 11.5 Å². The molecular formula is C25H21BrN2O4. The summed E-state index contributed by atoms with van der Waals surface area (Å²) < 4.78 is 6.75. The highest BCUT2D eigenvalue weighted by atomic mass is 79.9. The quantitative estimate of drug-likeness (QED) is 0.500. The fourth-order valence-electron chi connectivity index (χ4n) is 5.76. The van der Waals surface area contributed by atoms with Crippen LogP contribution in [0.5, 0.6) is 11.5 Å². The number of rotatable bonds is 5. The highest BCUT2D eigenvalue weighted by Gasteiger charge is 2.67. The third kappa shape index (κ3) is 3.18. The van der Waals surface area contributed by atoms with Crippen LogP contribution in [0.3, 0.4) is 0 Å². The fraction of sp³-hybridized carbons (Fsp3) is 0.320. The lowest BCUT2D eigenvalue weighted by atomic mass is 9.63. The molecule has 7 heteroatoms. The summed E-state index contributed by atoms with van der Waals surface area (Å²) in [6.45, 7) is -0.239. The van der Waals surface area contributed by atoms with Crippen molar-refractivity contribution < 1.29 is 19.1 Å². The van der Waals surface area contributed by atoms with Crippen LogP contribution in [0.4, 0.5) is 5.69 Å². The zero-order valence-corrected chi connectivity index (χ0v) is 18.7. The maximum absolute atomic E-state index is 13.0. The summed E-state index contributed by atoms with van der Waals surface area (Å²) in [7, 11) is 0. The predicted molar refractivity (Wildman–Crippen MR) is 121 cm³/mol. The minimum atomic E-state index is -0.377. The first-order valence-corrected chi connectivity index (χ1v) is 11.7. The third-order valence-corrected chi connectivity index (χ3v) is 7.77. The lowest BCUT2D eigenvalue weighted by molar-refractivity contribution is -0.142. The normalized spacial score (nSPS) is 31.3. The molecule has 0 spiro atoms. The second-order valence-electron chi connectivity index (χ2n) is 9.05. The van der Waals surface area contributed by atoms with E-state index in [1.165, 1.54) is 4.90 Å². The Balaban J connectivity index is 1.09. The van der Waals surface area contributed by atoms with Gasteiger partial charge in [0.05, 0.1) is 11.8 Å².